The molecule has 6 nitrogen and oxygen atoms in total. The van der Waals surface area contributed by atoms with Gasteiger partial charge < -0.3 is 0 Å². The molecular weight excluding hydrogens is 220 g/mol. The zero-order chi connectivity index (χ0) is 12.0. The SMILES string of the molecule is Cc1nc2ccccc2c2c([N+](=O)[O-])cnn12. The number of aryl methyl sites for hydroxylation is 1. The van der Waals surface area contributed by atoms with Crippen molar-refractivity contribution in [2.45, 2.75) is 6.92 Å². The minimum atomic E-state index is -0.422. The first-order chi connectivity index (χ1) is 8.18. The van der Waals surface area contributed by atoms with E-state index in [9.17, 15) is 10.1 Å². The van der Waals surface area contributed by atoms with E-state index in [-0.39, 0.29) is 5.69 Å². The highest BCUT2D eigenvalue weighted by molar-refractivity contribution is 5.97. The Hall–Kier alpha value is -2.50. The second-order valence-corrected chi connectivity index (χ2v) is 3.72. The summed E-state index contributed by atoms with van der Waals surface area (Å²) in [6, 6.07) is 7.33. The van der Waals surface area contributed by atoms with Crippen LogP contribution in [-0.2, 0) is 0 Å². The number of nitrogens with zero attached hydrogens (tertiary/aromatic N) is 4. The van der Waals surface area contributed by atoms with Crippen LogP contribution in [0.3, 0.4) is 0 Å². The van der Waals surface area contributed by atoms with Crippen LogP contribution in [-0.4, -0.2) is 19.5 Å². The van der Waals surface area contributed by atoms with Crippen LogP contribution in [0.25, 0.3) is 16.4 Å². The van der Waals surface area contributed by atoms with Gasteiger partial charge in [-0.15, -0.1) is 0 Å². The van der Waals surface area contributed by atoms with Gasteiger partial charge in [-0.25, -0.2) is 9.50 Å². The molecule has 0 aliphatic heterocycles. The van der Waals surface area contributed by atoms with E-state index in [0.29, 0.717) is 11.3 Å². The Morgan fingerprint density at radius 1 is 1.35 bits per heavy atom. The van der Waals surface area contributed by atoms with Crippen LogP contribution in [0, 0.1) is 17.0 Å². The van der Waals surface area contributed by atoms with Gasteiger partial charge in [0, 0.05) is 5.39 Å². The van der Waals surface area contributed by atoms with Crippen molar-refractivity contribution in [1.82, 2.24) is 14.6 Å². The molecule has 0 radical (unpaired) electrons. The summed E-state index contributed by atoms with van der Waals surface area (Å²) in [5.74, 6) is 0.631. The Labute approximate surface area is 95.7 Å². The number of para-hydroxylation sites is 1. The highest BCUT2D eigenvalue weighted by Crippen LogP contribution is 2.27. The first-order valence-electron chi connectivity index (χ1n) is 5.06. The Balaban J connectivity index is 2.61. The van der Waals surface area contributed by atoms with E-state index in [0.717, 1.165) is 10.9 Å². The van der Waals surface area contributed by atoms with Crippen molar-refractivity contribution in [1.29, 1.82) is 0 Å². The minimum Gasteiger partial charge on any atom is -0.258 e. The largest absolute Gasteiger partial charge is 0.315 e. The van der Waals surface area contributed by atoms with Crippen LogP contribution >= 0.6 is 0 Å². The molecule has 0 atom stereocenters. The molecule has 0 aliphatic rings. The van der Waals surface area contributed by atoms with Gasteiger partial charge in [0.2, 0.25) is 0 Å². The lowest BCUT2D eigenvalue weighted by Crippen LogP contribution is -1.98. The van der Waals surface area contributed by atoms with Crippen molar-refractivity contribution >= 4 is 22.1 Å². The van der Waals surface area contributed by atoms with Gasteiger partial charge >= 0.3 is 5.69 Å². The summed E-state index contributed by atoms with van der Waals surface area (Å²) in [6.45, 7) is 1.77. The normalized spacial score (nSPS) is 11.1. The van der Waals surface area contributed by atoms with Crippen LogP contribution in [0.5, 0.6) is 0 Å². The Kier molecular flexibility index (Phi) is 1.85. The van der Waals surface area contributed by atoms with Crippen molar-refractivity contribution in [3.05, 3.63) is 46.4 Å². The Morgan fingerprint density at radius 2 is 2.12 bits per heavy atom. The lowest BCUT2D eigenvalue weighted by molar-refractivity contribution is -0.383. The summed E-state index contributed by atoms with van der Waals surface area (Å²) in [5, 5.41) is 15.7. The van der Waals surface area contributed by atoms with E-state index >= 15 is 0 Å². The topological polar surface area (TPSA) is 73.3 Å². The summed E-state index contributed by atoms with van der Waals surface area (Å²) < 4.78 is 1.50. The third kappa shape index (κ3) is 1.27. The highest BCUT2D eigenvalue weighted by Gasteiger charge is 2.19. The third-order valence-electron chi connectivity index (χ3n) is 2.69. The van der Waals surface area contributed by atoms with Gasteiger partial charge in [0.25, 0.3) is 0 Å². The molecule has 2 aromatic heterocycles. The second kappa shape index (κ2) is 3.24. The maximum Gasteiger partial charge on any atom is 0.315 e. The first-order valence-corrected chi connectivity index (χ1v) is 5.06. The van der Waals surface area contributed by atoms with E-state index in [1.54, 1.807) is 6.92 Å². The highest BCUT2D eigenvalue weighted by atomic mass is 16.6. The first kappa shape index (κ1) is 9.71. The molecule has 2 heterocycles. The van der Waals surface area contributed by atoms with E-state index < -0.39 is 4.92 Å². The fourth-order valence-corrected chi connectivity index (χ4v) is 1.96. The van der Waals surface area contributed by atoms with Gasteiger partial charge in [0.15, 0.2) is 5.52 Å². The Morgan fingerprint density at radius 3 is 2.88 bits per heavy atom. The van der Waals surface area contributed by atoms with Gasteiger partial charge in [-0.05, 0) is 13.0 Å². The molecule has 0 amide bonds. The third-order valence-corrected chi connectivity index (χ3v) is 2.69. The zero-order valence-electron chi connectivity index (χ0n) is 8.99. The number of benzene rings is 1. The summed E-state index contributed by atoms with van der Waals surface area (Å²) in [7, 11) is 0. The summed E-state index contributed by atoms with van der Waals surface area (Å²) in [6.07, 6.45) is 1.26. The summed E-state index contributed by atoms with van der Waals surface area (Å²) >= 11 is 0. The molecule has 0 bridgehead atoms. The molecule has 0 fully saturated rings. The van der Waals surface area contributed by atoms with Crippen LogP contribution in [0.2, 0.25) is 0 Å². The molecule has 0 saturated carbocycles. The van der Waals surface area contributed by atoms with Gasteiger partial charge in [0.05, 0.1) is 10.4 Å². The number of rotatable bonds is 1. The number of hydrogen-bond donors (Lipinski definition) is 0. The van der Waals surface area contributed by atoms with Gasteiger partial charge in [-0.3, -0.25) is 10.1 Å². The van der Waals surface area contributed by atoms with Gasteiger partial charge in [-0.2, -0.15) is 5.10 Å². The smallest absolute Gasteiger partial charge is 0.258 e. The second-order valence-electron chi connectivity index (χ2n) is 3.72. The number of hydrogen-bond acceptors (Lipinski definition) is 4. The molecule has 0 unspecified atom stereocenters. The predicted octanol–water partition coefficient (Wildman–Crippen LogP) is 2.10. The molecule has 0 N–H and O–H groups in total. The minimum absolute atomic E-state index is 0.00620. The van der Waals surface area contributed by atoms with E-state index in [1.165, 1.54) is 10.7 Å². The van der Waals surface area contributed by atoms with Crippen molar-refractivity contribution in [3.63, 3.8) is 0 Å². The van der Waals surface area contributed by atoms with Gasteiger partial charge in [-0.1, -0.05) is 18.2 Å². The summed E-state index contributed by atoms with van der Waals surface area (Å²) in [5.41, 5.74) is 1.24. The van der Waals surface area contributed by atoms with Crippen molar-refractivity contribution in [2.75, 3.05) is 0 Å². The van der Waals surface area contributed by atoms with Crippen molar-refractivity contribution in [3.8, 4) is 0 Å². The monoisotopic (exact) mass is 228 g/mol. The summed E-state index contributed by atoms with van der Waals surface area (Å²) in [4.78, 5) is 14.9. The van der Waals surface area contributed by atoms with E-state index in [4.69, 9.17) is 0 Å². The van der Waals surface area contributed by atoms with Crippen LogP contribution in [0.15, 0.2) is 30.5 Å². The van der Waals surface area contributed by atoms with E-state index in [2.05, 4.69) is 10.1 Å². The molecule has 1 aromatic carbocycles. The quantitative estimate of drug-likeness (QED) is 0.472. The fraction of sp³-hybridized carbons (Fsp3) is 0.0909. The molecule has 0 spiro atoms. The maximum atomic E-state index is 11.0. The molecule has 0 saturated heterocycles. The number of aromatic nitrogens is 3. The molecule has 3 aromatic rings. The fourth-order valence-electron chi connectivity index (χ4n) is 1.96. The lowest BCUT2D eigenvalue weighted by Gasteiger charge is -2.02. The van der Waals surface area contributed by atoms with Gasteiger partial charge in [0.1, 0.15) is 12.0 Å². The molecular formula is C11H8N4O2. The van der Waals surface area contributed by atoms with E-state index in [1.807, 2.05) is 24.3 Å². The number of nitro groups is 1. The molecule has 6 heteroatoms. The standard InChI is InChI=1S/C11H8N4O2/c1-7-13-9-5-3-2-4-8(9)11-10(15(16)17)6-12-14(7)11/h2-6H,1H3. The van der Waals surface area contributed by atoms with Crippen LogP contribution in [0.1, 0.15) is 5.82 Å². The molecule has 84 valence electrons. The lowest BCUT2D eigenvalue weighted by atomic mass is 10.2. The Bertz CT molecular complexity index is 748. The maximum absolute atomic E-state index is 11.0. The predicted molar refractivity (Wildman–Crippen MR) is 61.9 cm³/mol. The average Bonchev–Trinajstić information content (AvgIpc) is 2.74. The average molecular weight is 228 g/mol. The molecule has 17 heavy (non-hydrogen) atoms. The van der Waals surface area contributed by atoms with Crippen LogP contribution < -0.4 is 0 Å². The zero-order valence-corrected chi connectivity index (χ0v) is 8.99. The number of fused-ring (bicyclic) bond motifs is 3. The molecule has 0 aliphatic carbocycles. The van der Waals surface area contributed by atoms with Crippen LogP contribution in [0.4, 0.5) is 5.69 Å². The van der Waals surface area contributed by atoms with Crippen molar-refractivity contribution < 1.29 is 4.92 Å². The molecule has 3 rings (SSSR count). The van der Waals surface area contributed by atoms with Crippen molar-refractivity contribution in [2.24, 2.45) is 0 Å².